The summed E-state index contributed by atoms with van der Waals surface area (Å²) < 4.78 is 17.9. The minimum atomic E-state index is -0.705. The Morgan fingerprint density at radius 3 is 2.45 bits per heavy atom. The molecule has 1 aromatic rings. The Labute approximate surface area is 193 Å². The van der Waals surface area contributed by atoms with Crippen LogP contribution in [0.2, 0.25) is 0 Å². The summed E-state index contributed by atoms with van der Waals surface area (Å²) >= 11 is 0. The lowest BCUT2D eigenvalue weighted by Gasteiger charge is -2.39. The largest absolute Gasteiger partial charge is 0.458 e. The molecule has 6 rings (SSSR count). The number of carbonyl (C=O) groups is 3. The molecule has 33 heavy (non-hydrogen) atoms. The molecule has 6 atom stereocenters. The molecule has 5 aliphatic rings. The topological polar surface area (TPSA) is 90.9 Å². The lowest BCUT2D eigenvalue weighted by molar-refractivity contribution is -0.179. The quantitative estimate of drug-likeness (QED) is 0.541. The Morgan fingerprint density at radius 2 is 1.73 bits per heavy atom. The van der Waals surface area contributed by atoms with Gasteiger partial charge in [-0.25, -0.2) is 0 Å². The van der Waals surface area contributed by atoms with Crippen LogP contribution >= 0.6 is 0 Å². The van der Waals surface area contributed by atoms with Crippen molar-refractivity contribution in [1.82, 2.24) is 5.32 Å². The van der Waals surface area contributed by atoms with Gasteiger partial charge in [-0.1, -0.05) is 43.2 Å². The summed E-state index contributed by atoms with van der Waals surface area (Å²) in [6.45, 7) is 1.52. The van der Waals surface area contributed by atoms with Gasteiger partial charge >= 0.3 is 17.9 Å². The number of piperidine rings is 1. The highest BCUT2D eigenvalue weighted by Crippen LogP contribution is 2.59. The number of hydrogen-bond donors (Lipinski definition) is 1. The molecule has 2 heterocycles. The van der Waals surface area contributed by atoms with Crippen LogP contribution in [0.1, 0.15) is 50.5 Å². The van der Waals surface area contributed by atoms with Gasteiger partial charge in [0, 0.05) is 24.7 Å². The van der Waals surface area contributed by atoms with Gasteiger partial charge in [0.25, 0.3) is 0 Å². The van der Waals surface area contributed by atoms with Gasteiger partial charge in [0.05, 0.1) is 17.8 Å². The van der Waals surface area contributed by atoms with E-state index >= 15 is 0 Å². The predicted molar refractivity (Wildman–Crippen MR) is 117 cm³/mol. The van der Waals surface area contributed by atoms with Gasteiger partial charge in [-0.15, -0.1) is 0 Å². The van der Waals surface area contributed by atoms with Gasteiger partial charge in [0.1, 0.15) is 17.8 Å². The number of carbonyl (C=O) groups excluding carboxylic acids is 3. The van der Waals surface area contributed by atoms with E-state index in [0.29, 0.717) is 19.3 Å². The molecule has 1 aromatic carbocycles. The van der Waals surface area contributed by atoms with Crippen LogP contribution in [0, 0.1) is 29.6 Å². The van der Waals surface area contributed by atoms with Crippen molar-refractivity contribution < 1.29 is 28.6 Å². The molecule has 176 valence electrons. The van der Waals surface area contributed by atoms with E-state index in [4.69, 9.17) is 14.2 Å². The summed E-state index contributed by atoms with van der Waals surface area (Å²) in [4.78, 5) is 39.2. The minimum absolute atomic E-state index is 0.0675. The lowest BCUT2D eigenvalue weighted by atomic mass is 9.78. The van der Waals surface area contributed by atoms with E-state index in [1.807, 2.05) is 30.3 Å². The van der Waals surface area contributed by atoms with Crippen molar-refractivity contribution in [2.75, 3.05) is 13.1 Å². The fourth-order valence-electron chi connectivity index (χ4n) is 7.14. The Morgan fingerprint density at radius 1 is 1.00 bits per heavy atom. The van der Waals surface area contributed by atoms with Crippen LogP contribution in [0.3, 0.4) is 0 Å². The molecule has 7 nitrogen and oxygen atoms in total. The molecule has 5 fully saturated rings. The summed E-state index contributed by atoms with van der Waals surface area (Å²) in [6, 6.07) is 9.88. The van der Waals surface area contributed by atoms with Crippen molar-refractivity contribution in [2.24, 2.45) is 29.6 Å². The van der Waals surface area contributed by atoms with Crippen LogP contribution in [0.5, 0.6) is 0 Å². The summed E-state index contributed by atoms with van der Waals surface area (Å²) in [7, 11) is 0. The normalized spacial score (nSPS) is 36.5. The molecule has 7 heteroatoms. The highest BCUT2D eigenvalue weighted by atomic mass is 16.6. The molecular formula is C26H31NO6. The summed E-state index contributed by atoms with van der Waals surface area (Å²) in [6.07, 6.45) is 4.88. The zero-order valence-corrected chi connectivity index (χ0v) is 18.7. The molecule has 2 bridgehead atoms. The van der Waals surface area contributed by atoms with Gasteiger partial charge in [0.15, 0.2) is 0 Å². The highest BCUT2D eigenvalue weighted by molar-refractivity contribution is 5.86. The number of ether oxygens (including phenoxy) is 3. The third kappa shape index (κ3) is 3.38. The minimum Gasteiger partial charge on any atom is -0.458 e. The SMILES string of the molecule is O=C(OC1C2CC3C1OC(=O)C3C2C(=O)OC1(c2ccccc2)CCNCC1)C1CCCC1. The molecule has 3 saturated carbocycles. The van der Waals surface area contributed by atoms with Crippen LogP contribution in [0.15, 0.2) is 30.3 Å². The first-order valence-electron chi connectivity index (χ1n) is 12.5. The maximum Gasteiger partial charge on any atom is 0.311 e. The summed E-state index contributed by atoms with van der Waals surface area (Å²) in [5.41, 5.74) is 0.280. The van der Waals surface area contributed by atoms with Crippen molar-refractivity contribution in [3.63, 3.8) is 0 Å². The van der Waals surface area contributed by atoms with Crippen LogP contribution in [-0.4, -0.2) is 43.2 Å². The number of fused-ring (bicyclic) bond motifs is 1. The summed E-state index contributed by atoms with van der Waals surface area (Å²) in [5, 5.41) is 3.35. The van der Waals surface area contributed by atoms with E-state index < -0.39 is 29.6 Å². The third-order valence-electron chi connectivity index (χ3n) is 8.77. The average Bonchev–Trinajstić information content (AvgIpc) is 3.60. The third-order valence-corrected chi connectivity index (χ3v) is 8.77. The smallest absolute Gasteiger partial charge is 0.311 e. The number of nitrogens with one attached hydrogen (secondary N) is 1. The van der Waals surface area contributed by atoms with Gasteiger partial charge < -0.3 is 19.5 Å². The number of rotatable bonds is 5. The average molecular weight is 454 g/mol. The first-order valence-corrected chi connectivity index (χ1v) is 12.5. The molecule has 3 aliphatic carbocycles. The molecule has 2 saturated heterocycles. The van der Waals surface area contributed by atoms with Crippen molar-refractivity contribution >= 4 is 17.9 Å². The van der Waals surface area contributed by atoms with E-state index in [-0.39, 0.29) is 35.7 Å². The van der Waals surface area contributed by atoms with Crippen LogP contribution < -0.4 is 5.32 Å². The second-order valence-electron chi connectivity index (χ2n) is 10.4. The predicted octanol–water partition coefficient (Wildman–Crippen LogP) is 2.72. The van der Waals surface area contributed by atoms with Crippen molar-refractivity contribution in [1.29, 1.82) is 0 Å². The number of benzene rings is 1. The van der Waals surface area contributed by atoms with Crippen molar-refractivity contribution in [2.45, 2.75) is 62.8 Å². The van der Waals surface area contributed by atoms with Crippen LogP contribution in [0.4, 0.5) is 0 Å². The molecule has 0 amide bonds. The molecule has 0 aromatic heterocycles. The molecule has 0 spiro atoms. The second-order valence-corrected chi connectivity index (χ2v) is 10.4. The first kappa shape index (κ1) is 21.1. The first-order chi connectivity index (χ1) is 16.1. The van der Waals surface area contributed by atoms with E-state index in [1.54, 1.807) is 0 Å². The maximum absolute atomic E-state index is 13.7. The van der Waals surface area contributed by atoms with Gasteiger partial charge in [0.2, 0.25) is 0 Å². The molecule has 2 aliphatic heterocycles. The Kier molecular flexibility index (Phi) is 5.20. The van der Waals surface area contributed by atoms with Crippen LogP contribution in [-0.2, 0) is 34.2 Å². The summed E-state index contributed by atoms with van der Waals surface area (Å²) in [5.74, 6) is -2.34. The molecule has 0 radical (unpaired) electrons. The van der Waals surface area contributed by atoms with Gasteiger partial charge in [-0.05, 0) is 37.9 Å². The molecular weight excluding hydrogens is 422 g/mol. The van der Waals surface area contributed by atoms with Crippen molar-refractivity contribution in [3.05, 3.63) is 35.9 Å². The Bertz CT molecular complexity index is 935. The van der Waals surface area contributed by atoms with Crippen molar-refractivity contribution in [3.8, 4) is 0 Å². The fraction of sp³-hybridized carbons (Fsp3) is 0.654. The Hall–Kier alpha value is -2.41. The highest BCUT2D eigenvalue weighted by Gasteiger charge is 2.70. The van der Waals surface area contributed by atoms with E-state index in [1.165, 1.54) is 0 Å². The zero-order chi connectivity index (χ0) is 22.6. The second kappa shape index (κ2) is 8.12. The monoisotopic (exact) mass is 453 g/mol. The molecule has 6 unspecified atom stereocenters. The maximum atomic E-state index is 13.7. The van der Waals surface area contributed by atoms with Gasteiger partial charge in [-0.3, -0.25) is 14.4 Å². The lowest BCUT2D eigenvalue weighted by Crippen LogP contribution is -2.48. The van der Waals surface area contributed by atoms with E-state index in [9.17, 15) is 14.4 Å². The Balaban J connectivity index is 1.25. The fourth-order valence-corrected chi connectivity index (χ4v) is 7.14. The van der Waals surface area contributed by atoms with E-state index in [0.717, 1.165) is 44.3 Å². The van der Waals surface area contributed by atoms with Crippen LogP contribution in [0.25, 0.3) is 0 Å². The number of hydrogen-bond acceptors (Lipinski definition) is 7. The standard InChI is InChI=1S/C26H31NO6/c28-23(15-6-4-5-7-15)31-21-18-14-17-19(24(29)32-22(17)21)20(18)25(30)33-26(10-12-27-13-11-26)16-8-2-1-3-9-16/h1-3,8-9,15,17-22,27H,4-7,10-14H2. The molecule has 1 N–H and O–H groups in total. The van der Waals surface area contributed by atoms with E-state index in [2.05, 4.69) is 5.32 Å². The number of esters is 3. The van der Waals surface area contributed by atoms with Gasteiger partial charge in [-0.2, -0.15) is 0 Å². The zero-order valence-electron chi connectivity index (χ0n) is 18.7.